The van der Waals surface area contributed by atoms with Crippen LogP contribution in [-0.2, 0) is 6.54 Å². The lowest BCUT2D eigenvalue weighted by molar-refractivity contribution is 0.160. The van der Waals surface area contributed by atoms with Crippen molar-refractivity contribution in [2.24, 2.45) is 0 Å². The van der Waals surface area contributed by atoms with Crippen LogP contribution < -0.4 is 0 Å². The number of imidazole rings is 1. The minimum Gasteiger partial charge on any atom is -0.385 e. The number of hydrogen-bond acceptors (Lipinski definition) is 2. The number of aliphatic hydroxyl groups is 1. The highest BCUT2D eigenvalue weighted by atomic mass is 35.5. The molecule has 1 heterocycles. The molecule has 0 bridgehead atoms. The summed E-state index contributed by atoms with van der Waals surface area (Å²) in [5.41, 5.74) is 2.89. The van der Waals surface area contributed by atoms with E-state index in [1.807, 2.05) is 47.9 Å². The molecular weight excluding hydrogens is 319 g/mol. The van der Waals surface area contributed by atoms with E-state index in [1.54, 1.807) is 6.07 Å². The van der Waals surface area contributed by atoms with Gasteiger partial charge >= 0.3 is 0 Å². The number of benzene rings is 2. The molecule has 0 radical (unpaired) electrons. The smallest absolute Gasteiger partial charge is 0.139 e. The molecule has 0 amide bonds. The minimum absolute atomic E-state index is 0.529. The molecule has 3 rings (SSSR count). The first-order valence-electron chi connectivity index (χ1n) is 7.17. The predicted octanol–water partition coefficient (Wildman–Crippen LogP) is 4.83. The van der Waals surface area contributed by atoms with E-state index < -0.39 is 6.10 Å². The van der Waals surface area contributed by atoms with Crippen LogP contribution in [0.5, 0.6) is 0 Å². The van der Waals surface area contributed by atoms with Gasteiger partial charge < -0.3 is 9.67 Å². The number of fused-ring (bicyclic) bond motifs is 1. The van der Waals surface area contributed by atoms with Gasteiger partial charge in [0.05, 0.1) is 21.1 Å². The van der Waals surface area contributed by atoms with Gasteiger partial charge in [-0.05, 0) is 36.2 Å². The molecule has 22 heavy (non-hydrogen) atoms. The molecule has 1 N–H and O–H groups in total. The first-order chi connectivity index (χ1) is 10.6. The van der Waals surface area contributed by atoms with Gasteiger partial charge in [-0.2, -0.15) is 0 Å². The number of hydrogen-bond donors (Lipinski definition) is 1. The summed E-state index contributed by atoms with van der Waals surface area (Å²) in [5, 5.41) is 11.3. The number of halogens is 2. The van der Waals surface area contributed by atoms with Crippen molar-refractivity contribution in [3.63, 3.8) is 0 Å². The average Bonchev–Trinajstić information content (AvgIpc) is 2.89. The molecule has 0 saturated carbocycles. The highest BCUT2D eigenvalue weighted by Gasteiger charge is 2.17. The largest absolute Gasteiger partial charge is 0.385 e. The Morgan fingerprint density at radius 3 is 2.64 bits per heavy atom. The maximum Gasteiger partial charge on any atom is 0.139 e. The summed E-state index contributed by atoms with van der Waals surface area (Å²) in [4.78, 5) is 4.57. The summed E-state index contributed by atoms with van der Waals surface area (Å²) >= 11 is 12.1. The second-order valence-electron chi connectivity index (χ2n) is 5.22. The Labute approximate surface area is 139 Å². The lowest BCUT2D eigenvalue weighted by atomic mass is 10.2. The molecule has 2 aromatic carbocycles. The molecule has 5 heteroatoms. The van der Waals surface area contributed by atoms with Crippen molar-refractivity contribution in [2.45, 2.75) is 26.0 Å². The summed E-state index contributed by atoms with van der Waals surface area (Å²) in [7, 11) is 0. The standard InChI is InChI=1S/C17H16Cl2N2O/c1-2-16(22)17-20-14-5-3-4-6-15(14)21(17)10-11-7-8-12(18)13(19)9-11/h3-9,16,22H,2,10H2,1H3. The minimum atomic E-state index is -0.588. The van der Waals surface area contributed by atoms with Crippen molar-refractivity contribution in [1.29, 1.82) is 0 Å². The number of aliphatic hydroxyl groups excluding tert-OH is 1. The molecule has 114 valence electrons. The van der Waals surface area contributed by atoms with Crippen LogP contribution in [0.1, 0.15) is 30.8 Å². The van der Waals surface area contributed by atoms with Crippen LogP contribution in [0.25, 0.3) is 11.0 Å². The van der Waals surface area contributed by atoms with Gasteiger partial charge in [0.25, 0.3) is 0 Å². The fourth-order valence-electron chi connectivity index (χ4n) is 2.52. The van der Waals surface area contributed by atoms with E-state index in [-0.39, 0.29) is 0 Å². The molecule has 0 saturated heterocycles. The molecule has 3 aromatic rings. The first kappa shape index (κ1) is 15.3. The molecule has 1 atom stereocenters. The van der Waals surface area contributed by atoms with Crippen LogP contribution in [0.3, 0.4) is 0 Å². The summed E-state index contributed by atoms with van der Waals surface area (Å²) < 4.78 is 2.03. The maximum atomic E-state index is 10.3. The number of aromatic nitrogens is 2. The Morgan fingerprint density at radius 1 is 1.14 bits per heavy atom. The third kappa shape index (κ3) is 2.84. The van der Waals surface area contributed by atoms with Gasteiger partial charge in [-0.1, -0.05) is 48.3 Å². The van der Waals surface area contributed by atoms with Gasteiger partial charge in [0.1, 0.15) is 11.9 Å². The zero-order valence-corrected chi connectivity index (χ0v) is 13.6. The van der Waals surface area contributed by atoms with Gasteiger partial charge in [0, 0.05) is 6.54 Å². The summed E-state index contributed by atoms with van der Waals surface area (Å²) in [6, 6.07) is 13.4. The monoisotopic (exact) mass is 334 g/mol. The number of rotatable bonds is 4. The molecule has 3 nitrogen and oxygen atoms in total. The summed E-state index contributed by atoms with van der Waals surface area (Å²) in [5.74, 6) is 0.676. The molecule has 1 aromatic heterocycles. The highest BCUT2D eigenvalue weighted by molar-refractivity contribution is 6.42. The van der Waals surface area contributed by atoms with E-state index >= 15 is 0 Å². The second kappa shape index (κ2) is 6.29. The number of para-hydroxylation sites is 2. The van der Waals surface area contributed by atoms with Crippen molar-refractivity contribution in [3.8, 4) is 0 Å². The SMILES string of the molecule is CCC(O)c1nc2ccccc2n1Cc1ccc(Cl)c(Cl)c1. The van der Waals surface area contributed by atoms with Crippen LogP contribution in [0.15, 0.2) is 42.5 Å². The van der Waals surface area contributed by atoms with Crippen LogP contribution >= 0.6 is 23.2 Å². The normalized spacial score (nSPS) is 12.7. The van der Waals surface area contributed by atoms with Gasteiger partial charge in [-0.3, -0.25) is 0 Å². The summed E-state index contributed by atoms with van der Waals surface area (Å²) in [6.45, 7) is 2.53. The maximum absolute atomic E-state index is 10.3. The topological polar surface area (TPSA) is 38.1 Å². The summed E-state index contributed by atoms with van der Waals surface area (Å²) in [6.07, 6.45) is 0.0280. The quantitative estimate of drug-likeness (QED) is 0.741. The van der Waals surface area contributed by atoms with E-state index in [9.17, 15) is 5.11 Å². The van der Waals surface area contributed by atoms with Crippen molar-refractivity contribution < 1.29 is 5.11 Å². The fraction of sp³-hybridized carbons (Fsp3) is 0.235. The highest BCUT2D eigenvalue weighted by Crippen LogP contribution is 2.26. The third-order valence-corrected chi connectivity index (χ3v) is 4.43. The van der Waals surface area contributed by atoms with Gasteiger partial charge in [-0.15, -0.1) is 0 Å². The fourth-order valence-corrected chi connectivity index (χ4v) is 2.84. The first-order valence-corrected chi connectivity index (χ1v) is 7.93. The molecule has 0 aliphatic rings. The molecule has 0 aliphatic heterocycles. The molecular formula is C17H16Cl2N2O. The molecule has 0 aliphatic carbocycles. The van der Waals surface area contributed by atoms with Crippen LogP contribution in [0.2, 0.25) is 10.0 Å². The van der Waals surface area contributed by atoms with E-state index in [0.717, 1.165) is 16.6 Å². The van der Waals surface area contributed by atoms with Gasteiger partial charge in [0.2, 0.25) is 0 Å². The van der Waals surface area contributed by atoms with Crippen LogP contribution in [0.4, 0.5) is 0 Å². The lowest BCUT2D eigenvalue weighted by Crippen LogP contribution is -2.09. The third-order valence-electron chi connectivity index (χ3n) is 3.69. The predicted molar refractivity (Wildman–Crippen MR) is 90.5 cm³/mol. The van der Waals surface area contributed by atoms with E-state index in [2.05, 4.69) is 4.98 Å². The van der Waals surface area contributed by atoms with Crippen molar-refractivity contribution in [2.75, 3.05) is 0 Å². The Morgan fingerprint density at radius 2 is 1.91 bits per heavy atom. The molecule has 1 unspecified atom stereocenters. The Hall–Kier alpha value is -1.55. The van der Waals surface area contributed by atoms with E-state index in [4.69, 9.17) is 23.2 Å². The second-order valence-corrected chi connectivity index (χ2v) is 6.03. The van der Waals surface area contributed by atoms with Crippen molar-refractivity contribution in [3.05, 3.63) is 63.9 Å². The van der Waals surface area contributed by atoms with Crippen molar-refractivity contribution in [1.82, 2.24) is 9.55 Å². The zero-order chi connectivity index (χ0) is 15.7. The van der Waals surface area contributed by atoms with Crippen LogP contribution in [0, 0.1) is 0 Å². The van der Waals surface area contributed by atoms with Crippen molar-refractivity contribution >= 4 is 34.2 Å². The molecule has 0 fully saturated rings. The lowest BCUT2D eigenvalue weighted by Gasteiger charge is -2.13. The van der Waals surface area contributed by atoms with E-state index in [0.29, 0.717) is 28.8 Å². The Kier molecular flexibility index (Phi) is 4.39. The molecule has 0 spiro atoms. The van der Waals surface area contributed by atoms with E-state index in [1.165, 1.54) is 0 Å². The average molecular weight is 335 g/mol. The number of nitrogens with zero attached hydrogens (tertiary/aromatic N) is 2. The Balaban J connectivity index is 2.09. The van der Waals surface area contributed by atoms with Crippen LogP contribution in [-0.4, -0.2) is 14.7 Å². The van der Waals surface area contributed by atoms with Gasteiger partial charge in [-0.25, -0.2) is 4.98 Å². The van der Waals surface area contributed by atoms with Gasteiger partial charge in [0.15, 0.2) is 0 Å². The zero-order valence-electron chi connectivity index (χ0n) is 12.1. The Bertz CT molecular complexity index is 814.